The minimum absolute atomic E-state index is 0.0576. The van der Waals surface area contributed by atoms with Crippen LogP contribution >= 0.6 is 0 Å². The van der Waals surface area contributed by atoms with Gasteiger partial charge in [-0.2, -0.15) is 13.2 Å². The third-order valence-electron chi connectivity index (χ3n) is 4.34. The number of aromatic amines is 1. The molecule has 1 amide bonds. The van der Waals surface area contributed by atoms with Crippen molar-refractivity contribution in [2.45, 2.75) is 6.18 Å². The van der Waals surface area contributed by atoms with Crippen molar-refractivity contribution >= 4 is 34.6 Å². The standard InChI is InChI=1S/C19H11F5N4O3/c20-9-2-3-10(21)15-14(9)13(29)6-25-16(15)8-1-4-11-12(5-8)27-17(26-11)28-18(30)31-7-19(22,23)24/h1-5H,6-7H2,(H2,26,27,28,30). The second kappa shape index (κ2) is 7.45. The van der Waals surface area contributed by atoms with E-state index in [2.05, 4.69) is 19.7 Å². The lowest BCUT2D eigenvalue weighted by Gasteiger charge is -2.17. The number of benzene rings is 2. The number of rotatable bonds is 3. The third-order valence-corrected chi connectivity index (χ3v) is 4.34. The molecule has 1 aromatic heterocycles. The summed E-state index contributed by atoms with van der Waals surface area (Å²) in [5.74, 6) is -2.51. The predicted molar refractivity (Wildman–Crippen MR) is 98.3 cm³/mol. The molecule has 2 N–H and O–H groups in total. The number of anilines is 1. The van der Waals surface area contributed by atoms with Crippen LogP contribution < -0.4 is 5.32 Å². The summed E-state index contributed by atoms with van der Waals surface area (Å²) in [5, 5.41) is 2.03. The Morgan fingerprint density at radius 3 is 2.55 bits per heavy atom. The number of imidazole rings is 1. The van der Waals surface area contributed by atoms with E-state index in [1.807, 2.05) is 5.32 Å². The first kappa shape index (κ1) is 20.4. The quantitative estimate of drug-likeness (QED) is 0.605. The minimum Gasteiger partial charge on any atom is -0.440 e. The van der Waals surface area contributed by atoms with E-state index >= 15 is 0 Å². The number of hydrogen-bond acceptors (Lipinski definition) is 5. The minimum atomic E-state index is -4.67. The van der Waals surface area contributed by atoms with E-state index in [0.29, 0.717) is 16.6 Å². The molecule has 0 unspecified atom stereocenters. The SMILES string of the molecule is O=C(Nc1nc2ccc(C3=NCC(=O)c4c(F)ccc(F)c43)cc2[nH]1)OCC(F)(F)F. The zero-order valence-electron chi connectivity index (χ0n) is 15.3. The van der Waals surface area contributed by atoms with E-state index in [1.165, 1.54) is 18.2 Å². The van der Waals surface area contributed by atoms with Gasteiger partial charge in [0.05, 0.1) is 22.3 Å². The van der Waals surface area contributed by atoms with Crippen molar-refractivity contribution < 1.29 is 36.3 Å². The van der Waals surface area contributed by atoms with Crippen molar-refractivity contribution in [3.8, 4) is 0 Å². The molecule has 31 heavy (non-hydrogen) atoms. The van der Waals surface area contributed by atoms with Crippen LogP contribution in [0.25, 0.3) is 11.0 Å². The summed E-state index contributed by atoms with van der Waals surface area (Å²) in [6, 6.07) is 6.20. The van der Waals surface area contributed by atoms with E-state index in [0.717, 1.165) is 12.1 Å². The molecular weight excluding hydrogens is 427 g/mol. The lowest BCUT2D eigenvalue weighted by atomic mass is 9.91. The Balaban J connectivity index is 1.64. The average molecular weight is 438 g/mol. The number of nitrogens with zero attached hydrogens (tertiary/aromatic N) is 2. The number of alkyl halides is 3. The van der Waals surface area contributed by atoms with Crippen LogP contribution in [0.15, 0.2) is 35.3 Å². The number of H-pyrrole nitrogens is 1. The molecule has 2 aromatic carbocycles. The number of aliphatic imine (C=N–C) groups is 1. The van der Waals surface area contributed by atoms with Gasteiger partial charge < -0.3 is 9.72 Å². The smallest absolute Gasteiger partial charge is 0.422 e. The average Bonchev–Trinajstić information content (AvgIpc) is 3.10. The largest absolute Gasteiger partial charge is 0.440 e. The summed E-state index contributed by atoms with van der Waals surface area (Å²) in [7, 11) is 0. The van der Waals surface area contributed by atoms with E-state index in [4.69, 9.17) is 0 Å². The number of aromatic nitrogens is 2. The van der Waals surface area contributed by atoms with Crippen LogP contribution in [-0.2, 0) is 4.74 Å². The third kappa shape index (κ3) is 4.09. The number of fused-ring (bicyclic) bond motifs is 2. The van der Waals surface area contributed by atoms with Crippen molar-refractivity contribution in [2.75, 3.05) is 18.5 Å². The van der Waals surface area contributed by atoms with Crippen LogP contribution in [-0.4, -0.2) is 46.9 Å². The second-order valence-corrected chi connectivity index (χ2v) is 6.50. The van der Waals surface area contributed by atoms with Gasteiger partial charge in [-0.15, -0.1) is 0 Å². The molecule has 0 spiro atoms. The highest BCUT2D eigenvalue weighted by Crippen LogP contribution is 2.27. The number of carbonyl (C=O) groups excluding carboxylic acids is 2. The van der Waals surface area contributed by atoms with Gasteiger partial charge in [0.1, 0.15) is 18.2 Å². The molecule has 0 radical (unpaired) electrons. The molecule has 7 nitrogen and oxygen atoms in total. The zero-order chi connectivity index (χ0) is 22.3. The maximum absolute atomic E-state index is 14.4. The molecule has 3 aromatic rings. The van der Waals surface area contributed by atoms with Gasteiger partial charge in [-0.05, 0) is 24.3 Å². The Labute approximate surface area is 169 Å². The summed E-state index contributed by atoms with van der Waals surface area (Å²) in [6.45, 7) is -2.12. The van der Waals surface area contributed by atoms with Crippen LogP contribution in [0.1, 0.15) is 21.5 Å². The lowest BCUT2D eigenvalue weighted by molar-refractivity contribution is -0.159. The Morgan fingerprint density at radius 1 is 1.13 bits per heavy atom. The van der Waals surface area contributed by atoms with Crippen molar-refractivity contribution in [3.05, 3.63) is 58.7 Å². The van der Waals surface area contributed by atoms with Crippen LogP contribution in [0.3, 0.4) is 0 Å². The van der Waals surface area contributed by atoms with E-state index < -0.39 is 36.3 Å². The van der Waals surface area contributed by atoms with Gasteiger partial charge in [0, 0.05) is 11.1 Å². The fraction of sp³-hybridized carbons (Fsp3) is 0.158. The number of ether oxygens (including phenoxy) is 1. The highest BCUT2D eigenvalue weighted by molar-refractivity contribution is 6.22. The van der Waals surface area contributed by atoms with Gasteiger partial charge in [0.25, 0.3) is 0 Å². The molecule has 0 bridgehead atoms. The van der Waals surface area contributed by atoms with E-state index in [9.17, 15) is 31.5 Å². The molecular formula is C19H11F5N4O3. The maximum atomic E-state index is 14.4. The maximum Gasteiger partial charge on any atom is 0.422 e. The Kier molecular flexibility index (Phi) is 4.91. The number of nitrogens with one attached hydrogen (secondary N) is 2. The topological polar surface area (TPSA) is 96.4 Å². The van der Waals surface area contributed by atoms with E-state index in [1.54, 1.807) is 0 Å². The summed E-state index contributed by atoms with van der Waals surface area (Å²) >= 11 is 0. The van der Waals surface area contributed by atoms with E-state index in [-0.39, 0.29) is 29.3 Å². The molecule has 0 atom stereocenters. The summed E-state index contributed by atoms with van der Waals surface area (Å²) in [4.78, 5) is 34.2. The van der Waals surface area contributed by atoms with Crippen molar-refractivity contribution in [1.82, 2.24) is 9.97 Å². The molecule has 4 rings (SSSR count). The first-order valence-electron chi connectivity index (χ1n) is 8.69. The summed E-state index contributed by atoms with van der Waals surface area (Å²) in [5.41, 5.74) is 0.389. The normalized spacial score (nSPS) is 13.7. The van der Waals surface area contributed by atoms with Gasteiger partial charge >= 0.3 is 12.3 Å². The highest BCUT2D eigenvalue weighted by atomic mass is 19.4. The monoisotopic (exact) mass is 438 g/mol. The molecule has 0 saturated carbocycles. The van der Waals surface area contributed by atoms with Gasteiger partial charge in [-0.3, -0.25) is 15.1 Å². The Bertz CT molecular complexity index is 1250. The molecule has 0 aliphatic carbocycles. The van der Waals surface area contributed by atoms with Crippen LogP contribution in [0.4, 0.5) is 32.7 Å². The molecule has 12 heteroatoms. The molecule has 160 valence electrons. The number of ketones is 1. The molecule has 0 fully saturated rings. The van der Waals surface area contributed by atoms with Crippen molar-refractivity contribution in [3.63, 3.8) is 0 Å². The first-order valence-corrected chi connectivity index (χ1v) is 8.69. The van der Waals surface area contributed by atoms with Gasteiger partial charge in [0.15, 0.2) is 12.4 Å². The lowest BCUT2D eigenvalue weighted by Crippen LogP contribution is -2.23. The summed E-state index contributed by atoms with van der Waals surface area (Å²) < 4.78 is 68.9. The highest BCUT2D eigenvalue weighted by Gasteiger charge is 2.30. The van der Waals surface area contributed by atoms with Gasteiger partial charge in [0.2, 0.25) is 5.95 Å². The first-order chi connectivity index (χ1) is 14.6. The molecule has 1 aliphatic rings. The summed E-state index contributed by atoms with van der Waals surface area (Å²) in [6.07, 6.45) is -6.04. The molecule has 1 aliphatic heterocycles. The number of carbonyl (C=O) groups is 2. The number of hydrogen-bond donors (Lipinski definition) is 2. The van der Waals surface area contributed by atoms with Crippen LogP contribution in [0.2, 0.25) is 0 Å². The number of Topliss-reactive ketones (excluding diaryl/α,β-unsaturated/α-hetero) is 1. The number of amides is 1. The molecule has 0 saturated heterocycles. The molecule has 2 heterocycles. The fourth-order valence-corrected chi connectivity index (χ4v) is 3.10. The second-order valence-electron chi connectivity index (χ2n) is 6.50. The predicted octanol–water partition coefficient (Wildman–Crippen LogP) is 3.99. The van der Waals surface area contributed by atoms with Crippen molar-refractivity contribution in [1.29, 1.82) is 0 Å². The Morgan fingerprint density at radius 2 is 1.84 bits per heavy atom. The van der Waals surface area contributed by atoms with Crippen LogP contribution in [0, 0.1) is 11.6 Å². The van der Waals surface area contributed by atoms with Crippen LogP contribution in [0.5, 0.6) is 0 Å². The fourth-order valence-electron chi connectivity index (χ4n) is 3.10. The zero-order valence-corrected chi connectivity index (χ0v) is 15.3. The Hall–Kier alpha value is -3.83. The number of halogens is 5. The van der Waals surface area contributed by atoms with Crippen molar-refractivity contribution in [2.24, 2.45) is 4.99 Å². The van der Waals surface area contributed by atoms with Gasteiger partial charge in [-0.1, -0.05) is 6.07 Å². The van der Waals surface area contributed by atoms with Gasteiger partial charge in [-0.25, -0.2) is 18.6 Å².